The summed E-state index contributed by atoms with van der Waals surface area (Å²) in [5, 5.41) is 7.50. The summed E-state index contributed by atoms with van der Waals surface area (Å²) in [7, 11) is 0. The van der Waals surface area contributed by atoms with Crippen LogP contribution in [0.3, 0.4) is 0 Å². The van der Waals surface area contributed by atoms with E-state index in [4.69, 9.17) is 0 Å². The number of rotatable bonds is 4. The standard InChI is InChI=1S/C15H15BrFN5/c1-3-4-13-20-15-18-9(2)7-14(22(15)21-13)19-12-6-5-10(16)8-11(12)17/h5-8,19H,3-4H2,1-2H3. The fourth-order valence-corrected chi connectivity index (χ4v) is 2.51. The molecule has 0 unspecified atom stereocenters. The Labute approximate surface area is 135 Å². The quantitative estimate of drug-likeness (QED) is 0.760. The molecule has 0 aliphatic heterocycles. The second kappa shape index (κ2) is 6.00. The molecule has 0 bridgehead atoms. The molecule has 0 amide bonds. The largest absolute Gasteiger partial charge is 0.338 e. The van der Waals surface area contributed by atoms with Crippen molar-refractivity contribution in [3.05, 3.63) is 46.1 Å². The van der Waals surface area contributed by atoms with Gasteiger partial charge in [0.15, 0.2) is 5.82 Å². The van der Waals surface area contributed by atoms with Crippen LogP contribution in [0, 0.1) is 12.7 Å². The molecule has 5 nitrogen and oxygen atoms in total. The monoisotopic (exact) mass is 363 g/mol. The Morgan fingerprint density at radius 3 is 2.82 bits per heavy atom. The third kappa shape index (κ3) is 2.94. The van der Waals surface area contributed by atoms with E-state index in [9.17, 15) is 4.39 Å². The van der Waals surface area contributed by atoms with E-state index in [1.54, 1.807) is 16.6 Å². The first-order chi connectivity index (χ1) is 10.6. The highest BCUT2D eigenvalue weighted by Gasteiger charge is 2.11. The van der Waals surface area contributed by atoms with E-state index in [1.807, 2.05) is 13.0 Å². The van der Waals surface area contributed by atoms with Gasteiger partial charge in [0, 0.05) is 22.7 Å². The minimum absolute atomic E-state index is 0.342. The SMILES string of the molecule is CCCc1nc2nc(C)cc(Nc3ccc(Br)cc3F)n2n1. The summed E-state index contributed by atoms with van der Waals surface area (Å²) in [6.45, 7) is 3.94. The molecule has 0 aliphatic rings. The summed E-state index contributed by atoms with van der Waals surface area (Å²) in [6.07, 6.45) is 1.74. The smallest absolute Gasteiger partial charge is 0.254 e. The Morgan fingerprint density at radius 1 is 1.27 bits per heavy atom. The Morgan fingerprint density at radius 2 is 2.09 bits per heavy atom. The number of anilines is 2. The van der Waals surface area contributed by atoms with Crippen LogP contribution in [0.4, 0.5) is 15.9 Å². The summed E-state index contributed by atoms with van der Waals surface area (Å²) < 4.78 is 16.3. The first-order valence-corrected chi connectivity index (χ1v) is 7.81. The van der Waals surface area contributed by atoms with Crippen LogP contribution in [0.2, 0.25) is 0 Å². The van der Waals surface area contributed by atoms with Crippen LogP contribution in [-0.2, 0) is 6.42 Å². The summed E-state index contributed by atoms with van der Waals surface area (Å²) in [5.74, 6) is 1.55. The molecule has 0 spiro atoms. The van der Waals surface area contributed by atoms with Gasteiger partial charge in [-0.2, -0.15) is 9.50 Å². The fraction of sp³-hybridized carbons (Fsp3) is 0.267. The van der Waals surface area contributed by atoms with E-state index in [2.05, 4.69) is 43.2 Å². The average Bonchev–Trinajstić information content (AvgIpc) is 2.84. The fourth-order valence-electron chi connectivity index (χ4n) is 2.18. The molecule has 0 radical (unpaired) electrons. The Hall–Kier alpha value is -2.02. The molecule has 3 aromatic rings. The maximum atomic E-state index is 14.0. The van der Waals surface area contributed by atoms with Gasteiger partial charge in [0.25, 0.3) is 5.78 Å². The van der Waals surface area contributed by atoms with Gasteiger partial charge in [-0.1, -0.05) is 22.9 Å². The molecule has 114 valence electrons. The van der Waals surface area contributed by atoms with E-state index in [0.29, 0.717) is 21.8 Å². The zero-order chi connectivity index (χ0) is 15.7. The van der Waals surface area contributed by atoms with Gasteiger partial charge in [0.1, 0.15) is 11.6 Å². The van der Waals surface area contributed by atoms with Crippen molar-refractivity contribution in [3.63, 3.8) is 0 Å². The first-order valence-electron chi connectivity index (χ1n) is 7.02. The molecule has 0 saturated heterocycles. The lowest BCUT2D eigenvalue weighted by Crippen LogP contribution is -2.04. The lowest BCUT2D eigenvalue weighted by molar-refractivity contribution is 0.630. The van der Waals surface area contributed by atoms with Crippen molar-refractivity contribution in [2.75, 3.05) is 5.32 Å². The molecule has 2 aromatic heterocycles. The number of aromatic nitrogens is 4. The maximum absolute atomic E-state index is 14.0. The van der Waals surface area contributed by atoms with Crippen molar-refractivity contribution in [2.45, 2.75) is 26.7 Å². The van der Waals surface area contributed by atoms with Crippen molar-refractivity contribution in [3.8, 4) is 0 Å². The number of halogens is 2. The van der Waals surface area contributed by atoms with Crippen LogP contribution in [0.25, 0.3) is 5.78 Å². The highest BCUT2D eigenvalue weighted by Crippen LogP contribution is 2.23. The zero-order valence-electron chi connectivity index (χ0n) is 12.3. The van der Waals surface area contributed by atoms with Crippen LogP contribution < -0.4 is 5.32 Å². The third-order valence-electron chi connectivity index (χ3n) is 3.15. The predicted octanol–water partition coefficient (Wildman–Crippen LogP) is 4.03. The number of hydrogen-bond acceptors (Lipinski definition) is 4. The number of fused-ring (bicyclic) bond motifs is 1. The van der Waals surface area contributed by atoms with Gasteiger partial charge < -0.3 is 5.32 Å². The van der Waals surface area contributed by atoms with Crippen molar-refractivity contribution >= 4 is 33.2 Å². The topological polar surface area (TPSA) is 55.1 Å². The second-order valence-electron chi connectivity index (χ2n) is 5.02. The Kier molecular flexibility index (Phi) is 4.06. The van der Waals surface area contributed by atoms with Gasteiger partial charge in [0.05, 0.1) is 5.69 Å². The van der Waals surface area contributed by atoms with E-state index in [1.165, 1.54) is 6.07 Å². The maximum Gasteiger partial charge on any atom is 0.254 e. The van der Waals surface area contributed by atoms with E-state index in [0.717, 1.165) is 24.4 Å². The Balaban J connectivity index is 2.05. The highest BCUT2D eigenvalue weighted by atomic mass is 79.9. The van der Waals surface area contributed by atoms with E-state index in [-0.39, 0.29) is 5.82 Å². The molecule has 0 fully saturated rings. The normalized spacial score (nSPS) is 11.1. The third-order valence-corrected chi connectivity index (χ3v) is 3.64. The molecular formula is C15H15BrFN5. The summed E-state index contributed by atoms with van der Waals surface area (Å²) in [4.78, 5) is 8.77. The Bertz CT molecular complexity index is 830. The molecule has 0 saturated carbocycles. The highest BCUT2D eigenvalue weighted by molar-refractivity contribution is 9.10. The number of aryl methyl sites for hydroxylation is 2. The van der Waals surface area contributed by atoms with Gasteiger partial charge >= 0.3 is 0 Å². The molecule has 0 atom stereocenters. The van der Waals surface area contributed by atoms with Gasteiger partial charge in [-0.25, -0.2) is 9.37 Å². The zero-order valence-corrected chi connectivity index (χ0v) is 13.9. The molecular weight excluding hydrogens is 349 g/mol. The van der Waals surface area contributed by atoms with Crippen molar-refractivity contribution < 1.29 is 4.39 Å². The summed E-state index contributed by atoms with van der Waals surface area (Å²) in [5.41, 5.74) is 1.17. The predicted molar refractivity (Wildman–Crippen MR) is 86.9 cm³/mol. The minimum Gasteiger partial charge on any atom is -0.338 e. The van der Waals surface area contributed by atoms with Crippen LogP contribution in [0.15, 0.2) is 28.7 Å². The van der Waals surface area contributed by atoms with Gasteiger partial charge in [-0.3, -0.25) is 0 Å². The number of nitrogens with zero attached hydrogens (tertiary/aromatic N) is 4. The van der Waals surface area contributed by atoms with Crippen LogP contribution in [0.5, 0.6) is 0 Å². The minimum atomic E-state index is -0.342. The molecule has 3 rings (SSSR count). The molecule has 0 aliphatic carbocycles. The van der Waals surface area contributed by atoms with Gasteiger partial charge in [0.2, 0.25) is 0 Å². The lowest BCUT2D eigenvalue weighted by Gasteiger charge is -2.09. The average molecular weight is 364 g/mol. The number of benzene rings is 1. The molecule has 1 N–H and O–H groups in total. The lowest BCUT2D eigenvalue weighted by atomic mass is 10.3. The van der Waals surface area contributed by atoms with Crippen LogP contribution in [-0.4, -0.2) is 19.6 Å². The number of hydrogen-bond donors (Lipinski definition) is 1. The summed E-state index contributed by atoms with van der Waals surface area (Å²) in [6, 6.07) is 6.68. The number of nitrogens with one attached hydrogen (secondary N) is 1. The van der Waals surface area contributed by atoms with E-state index >= 15 is 0 Å². The molecule has 22 heavy (non-hydrogen) atoms. The van der Waals surface area contributed by atoms with Crippen molar-refractivity contribution in [2.24, 2.45) is 0 Å². The van der Waals surface area contributed by atoms with E-state index < -0.39 is 0 Å². The first kappa shape index (κ1) is 14.9. The van der Waals surface area contributed by atoms with Crippen molar-refractivity contribution in [1.82, 2.24) is 19.6 Å². The second-order valence-corrected chi connectivity index (χ2v) is 5.94. The molecule has 1 aromatic carbocycles. The molecule has 7 heteroatoms. The van der Waals surface area contributed by atoms with Crippen molar-refractivity contribution in [1.29, 1.82) is 0 Å². The summed E-state index contributed by atoms with van der Waals surface area (Å²) >= 11 is 3.25. The van der Waals surface area contributed by atoms with Gasteiger partial charge in [-0.05, 0) is 31.5 Å². The van der Waals surface area contributed by atoms with Gasteiger partial charge in [-0.15, -0.1) is 5.10 Å². The van der Waals surface area contributed by atoms with Crippen LogP contribution >= 0.6 is 15.9 Å². The van der Waals surface area contributed by atoms with Crippen LogP contribution in [0.1, 0.15) is 24.9 Å². The molecule has 2 heterocycles.